The molecule has 1 aromatic heterocycles. The first-order valence-corrected chi connectivity index (χ1v) is 14.0. The topological polar surface area (TPSA) is 111 Å². The van der Waals surface area contributed by atoms with Crippen molar-refractivity contribution >= 4 is 23.4 Å². The van der Waals surface area contributed by atoms with Crippen LogP contribution in [0.2, 0.25) is 0 Å². The van der Waals surface area contributed by atoms with Gasteiger partial charge in [-0.1, -0.05) is 48.0 Å². The molecular formula is C32H34N6O4. The maximum atomic E-state index is 12.3. The predicted octanol–water partition coefficient (Wildman–Crippen LogP) is 6.88. The molecule has 10 heteroatoms. The second-order valence-electron chi connectivity index (χ2n) is 9.79. The summed E-state index contributed by atoms with van der Waals surface area (Å²) in [6, 6.07) is 26.7. The minimum absolute atomic E-state index is 0.219. The molecule has 216 valence electrons. The Hall–Kier alpha value is -4.83. The number of nitrogens with one attached hydrogen (secondary N) is 1. The molecule has 0 unspecified atom stereocenters. The minimum Gasteiger partial charge on any atom is -0.457 e. The molecular weight excluding hydrogens is 532 g/mol. The lowest BCUT2D eigenvalue weighted by Crippen LogP contribution is -2.36. The van der Waals surface area contributed by atoms with Crippen LogP contribution in [0.25, 0.3) is 0 Å². The van der Waals surface area contributed by atoms with Crippen LogP contribution in [0.1, 0.15) is 23.4 Å². The van der Waals surface area contributed by atoms with Crippen molar-refractivity contribution in [3.8, 4) is 11.5 Å². The van der Waals surface area contributed by atoms with E-state index in [9.17, 15) is 4.79 Å². The number of carbonyl (C=O) groups is 1. The summed E-state index contributed by atoms with van der Waals surface area (Å²) in [5.41, 5.74) is 2.89. The normalized spacial score (nSPS) is 13.2. The van der Waals surface area contributed by atoms with Gasteiger partial charge in [0.1, 0.15) is 23.1 Å². The van der Waals surface area contributed by atoms with Crippen LogP contribution in [0.3, 0.4) is 0 Å². The summed E-state index contributed by atoms with van der Waals surface area (Å²) in [5.74, 6) is 3.35. The van der Waals surface area contributed by atoms with Crippen LogP contribution in [-0.2, 0) is 22.4 Å². The Labute approximate surface area is 245 Å². The fourth-order valence-corrected chi connectivity index (χ4v) is 4.37. The Morgan fingerprint density at radius 1 is 0.952 bits per heavy atom. The highest BCUT2D eigenvalue weighted by Crippen LogP contribution is 2.23. The molecule has 1 aliphatic heterocycles. The molecule has 3 aromatic carbocycles. The van der Waals surface area contributed by atoms with Gasteiger partial charge < -0.3 is 19.1 Å². The quantitative estimate of drug-likeness (QED) is 0.156. The first-order chi connectivity index (χ1) is 20.6. The molecule has 1 saturated heterocycles. The summed E-state index contributed by atoms with van der Waals surface area (Å²) < 4.78 is 16.7. The first kappa shape index (κ1) is 28.7. The zero-order valence-corrected chi connectivity index (χ0v) is 23.6. The number of amides is 1. The van der Waals surface area contributed by atoms with E-state index in [0.29, 0.717) is 55.7 Å². The van der Waals surface area contributed by atoms with E-state index in [4.69, 9.17) is 19.2 Å². The van der Waals surface area contributed by atoms with Crippen molar-refractivity contribution in [2.75, 3.05) is 43.1 Å². The van der Waals surface area contributed by atoms with Crippen LogP contribution in [0.4, 0.5) is 22.1 Å². The number of ether oxygens (including phenoxy) is 3. The van der Waals surface area contributed by atoms with Gasteiger partial charge in [-0.3, -0.25) is 5.32 Å². The highest BCUT2D eigenvalue weighted by Gasteiger charge is 2.15. The molecule has 5 rings (SSSR count). The Bertz CT molecular complexity index is 1470. The molecule has 0 saturated carbocycles. The molecule has 0 radical (unpaired) electrons. The number of hydrogen-bond donors (Lipinski definition) is 1. The lowest BCUT2D eigenvalue weighted by atomic mass is 10.1. The van der Waals surface area contributed by atoms with Gasteiger partial charge in [-0.25, -0.2) is 14.8 Å². The van der Waals surface area contributed by atoms with Crippen LogP contribution in [0.5, 0.6) is 11.5 Å². The largest absolute Gasteiger partial charge is 0.457 e. The summed E-state index contributed by atoms with van der Waals surface area (Å²) in [6.07, 6.45) is 0.557. The molecule has 4 aromatic rings. The summed E-state index contributed by atoms with van der Waals surface area (Å²) in [5, 5.41) is 11.5. The molecule has 0 atom stereocenters. The first-order valence-electron chi connectivity index (χ1n) is 14.0. The van der Waals surface area contributed by atoms with E-state index < -0.39 is 6.09 Å². The van der Waals surface area contributed by atoms with Crippen molar-refractivity contribution in [2.45, 2.75) is 26.3 Å². The van der Waals surface area contributed by atoms with Gasteiger partial charge in [0.25, 0.3) is 0 Å². The average Bonchev–Trinajstić information content (AvgIpc) is 3.01. The molecule has 10 nitrogen and oxygen atoms in total. The number of morpholine rings is 1. The van der Waals surface area contributed by atoms with Crippen molar-refractivity contribution in [1.82, 2.24) is 9.97 Å². The summed E-state index contributed by atoms with van der Waals surface area (Å²) >= 11 is 0. The Kier molecular flexibility index (Phi) is 10.0. The van der Waals surface area contributed by atoms with Crippen molar-refractivity contribution in [3.05, 3.63) is 102 Å². The maximum Gasteiger partial charge on any atom is 0.411 e. The number of para-hydroxylation sites is 1. The second-order valence-corrected chi connectivity index (χ2v) is 9.79. The van der Waals surface area contributed by atoms with Crippen molar-refractivity contribution in [1.29, 1.82) is 0 Å². The molecule has 2 heterocycles. The zero-order chi connectivity index (χ0) is 29.0. The third-order valence-corrected chi connectivity index (χ3v) is 6.45. The number of aryl methyl sites for hydroxylation is 2. The van der Waals surface area contributed by atoms with E-state index in [1.165, 1.54) is 5.56 Å². The summed E-state index contributed by atoms with van der Waals surface area (Å²) in [4.78, 5) is 23.8. The molecule has 0 spiro atoms. The Balaban J connectivity index is 1.13. The molecule has 1 fully saturated rings. The van der Waals surface area contributed by atoms with E-state index in [-0.39, 0.29) is 6.61 Å². The van der Waals surface area contributed by atoms with Crippen molar-refractivity contribution in [2.24, 2.45) is 10.2 Å². The fourth-order valence-electron chi connectivity index (χ4n) is 4.37. The number of carbonyl (C=O) groups excluding carboxylic acids is 1. The monoisotopic (exact) mass is 566 g/mol. The highest BCUT2D eigenvalue weighted by atomic mass is 16.5. The van der Waals surface area contributed by atoms with Gasteiger partial charge in [-0.2, -0.15) is 5.11 Å². The number of benzene rings is 3. The second kappa shape index (κ2) is 14.7. The zero-order valence-electron chi connectivity index (χ0n) is 23.6. The van der Waals surface area contributed by atoms with Crippen molar-refractivity contribution < 1.29 is 19.0 Å². The number of azo groups is 1. The van der Waals surface area contributed by atoms with E-state index in [2.05, 4.69) is 44.5 Å². The van der Waals surface area contributed by atoms with E-state index in [0.717, 1.165) is 30.2 Å². The number of rotatable bonds is 11. The van der Waals surface area contributed by atoms with Gasteiger partial charge in [0.15, 0.2) is 5.82 Å². The number of nitrogens with zero attached hydrogens (tertiary/aromatic N) is 5. The minimum atomic E-state index is -0.527. The smallest absolute Gasteiger partial charge is 0.411 e. The van der Waals surface area contributed by atoms with Crippen LogP contribution in [0, 0.1) is 6.92 Å². The number of aromatic nitrogens is 2. The number of anilines is 2. The number of hydrogen-bond acceptors (Lipinski definition) is 9. The molecule has 0 aliphatic carbocycles. The molecule has 1 aliphatic rings. The third kappa shape index (κ3) is 8.84. The molecule has 0 bridgehead atoms. The molecule has 1 amide bonds. The van der Waals surface area contributed by atoms with Gasteiger partial charge in [-0.05, 0) is 55.3 Å². The van der Waals surface area contributed by atoms with Crippen LogP contribution in [0.15, 0.2) is 95.2 Å². The Morgan fingerprint density at radius 2 is 1.74 bits per heavy atom. The SMILES string of the molecule is Cc1cccc(CN=Nc2cc(N3CCOCC3)nc(CCCOC(=O)Nc3ccc(Oc4ccccc4)cc3)n2)c1. The van der Waals surface area contributed by atoms with E-state index in [1.54, 1.807) is 24.3 Å². The van der Waals surface area contributed by atoms with Crippen LogP contribution < -0.4 is 15.0 Å². The van der Waals surface area contributed by atoms with Gasteiger partial charge in [0.05, 0.1) is 26.4 Å². The van der Waals surface area contributed by atoms with E-state index in [1.807, 2.05) is 48.5 Å². The third-order valence-electron chi connectivity index (χ3n) is 6.45. The van der Waals surface area contributed by atoms with Crippen LogP contribution in [-0.4, -0.2) is 49.0 Å². The van der Waals surface area contributed by atoms with Gasteiger partial charge in [0.2, 0.25) is 0 Å². The molecule has 1 N–H and O–H groups in total. The highest BCUT2D eigenvalue weighted by molar-refractivity contribution is 5.84. The predicted molar refractivity (Wildman–Crippen MR) is 161 cm³/mol. The average molecular weight is 567 g/mol. The fraction of sp³-hybridized carbons (Fsp3) is 0.281. The Morgan fingerprint density at radius 3 is 2.52 bits per heavy atom. The summed E-state index contributed by atoms with van der Waals surface area (Å²) in [7, 11) is 0. The van der Waals surface area contributed by atoms with Crippen molar-refractivity contribution in [3.63, 3.8) is 0 Å². The summed E-state index contributed by atoms with van der Waals surface area (Å²) in [6.45, 7) is 5.54. The van der Waals surface area contributed by atoms with Gasteiger partial charge >= 0.3 is 6.09 Å². The maximum absolute atomic E-state index is 12.3. The van der Waals surface area contributed by atoms with Crippen LogP contribution >= 0.6 is 0 Å². The standard InChI is InChI=1S/C32H34N6O4/c1-24-7-5-8-25(21-24)23-33-37-30-22-31(38-16-19-40-20-17-38)36-29(35-30)11-6-18-41-32(39)34-26-12-14-28(15-13-26)42-27-9-3-2-4-10-27/h2-5,7-10,12-15,21-22H,6,11,16-20,23H2,1H3,(H,34,39). The van der Waals surface area contributed by atoms with Gasteiger partial charge in [-0.15, -0.1) is 5.11 Å². The van der Waals surface area contributed by atoms with E-state index >= 15 is 0 Å². The lowest BCUT2D eigenvalue weighted by Gasteiger charge is -2.28. The lowest BCUT2D eigenvalue weighted by molar-refractivity contribution is 0.122. The molecule has 42 heavy (non-hydrogen) atoms. The van der Waals surface area contributed by atoms with Gasteiger partial charge in [0, 0.05) is 31.3 Å².